The van der Waals surface area contributed by atoms with Gasteiger partial charge in [0.15, 0.2) is 0 Å². The summed E-state index contributed by atoms with van der Waals surface area (Å²) >= 11 is 0. The molecule has 1 rings (SSSR count). The Balaban J connectivity index is 1.94. The SMILES string of the molecule is CC1(CNCCNC(C)(C)C)COC1. The van der Waals surface area contributed by atoms with Gasteiger partial charge in [-0.1, -0.05) is 6.92 Å². The van der Waals surface area contributed by atoms with Crippen LogP contribution in [-0.4, -0.2) is 38.4 Å². The monoisotopic (exact) mass is 200 g/mol. The first-order chi connectivity index (χ1) is 6.41. The van der Waals surface area contributed by atoms with E-state index < -0.39 is 0 Å². The summed E-state index contributed by atoms with van der Waals surface area (Å²) in [5.41, 5.74) is 0.618. The summed E-state index contributed by atoms with van der Waals surface area (Å²) in [4.78, 5) is 0. The third-order valence-electron chi connectivity index (χ3n) is 2.41. The van der Waals surface area contributed by atoms with E-state index in [1.165, 1.54) is 0 Å². The second-order valence-corrected chi connectivity index (χ2v) is 5.66. The Kier molecular flexibility index (Phi) is 3.93. The molecule has 84 valence electrons. The highest BCUT2D eigenvalue weighted by atomic mass is 16.5. The van der Waals surface area contributed by atoms with Gasteiger partial charge in [0.05, 0.1) is 13.2 Å². The van der Waals surface area contributed by atoms with Gasteiger partial charge in [-0.15, -0.1) is 0 Å². The molecule has 3 heteroatoms. The van der Waals surface area contributed by atoms with Crippen LogP contribution < -0.4 is 10.6 Å². The molecule has 0 aromatic heterocycles. The molecule has 1 saturated heterocycles. The summed E-state index contributed by atoms with van der Waals surface area (Å²) in [6, 6.07) is 0. The lowest BCUT2D eigenvalue weighted by atomic mass is 9.89. The van der Waals surface area contributed by atoms with E-state index in [1.54, 1.807) is 0 Å². The molecule has 2 N–H and O–H groups in total. The molecule has 0 aromatic rings. The number of ether oxygens (including phenoxy) is 1. The predicted octanol–water partition coefficient (Wildman–Crippen LogP) is 1.00. The summed E-state index contributed by atoms with van der Waals surface area (Å²) in [6.07, 6.45) is 0. The Morgan fingerprint density at radius 2 is 1.86 bits per heavy atom. The molecule has 0 aromatic carbocycles. The Labute approximate surface area is 87.6 Å². The van der Waals surface area contributed by atoms with E-state index in [2.05, 4.69) is 38.3 Å². The highest BCUT2D eigenvalue weighted by molar-refractivity contribution is 4.83. The lowest BCUT2D eigenvalue weighted by molar-refractivity contribution is -0.0988. The molecule has 0 spiro atoms. The van der Waals surface area contributed by atoms with Gasteiger partial charge < -0.3 is 15.4 Å². The molecular formula is C11H24N2O. The van der Waals surface area contributed by atoms with Gasteiger partial charge in [0, 0.05) is 30.6 Å². The molecule has 0 aliphatic carbocycles. The lowest BCUT2D eigenvalue weighted by Crippen LogP contribution is -2.49. The maximum atomic E-state index is 5.19. The van der Waals surface area contributed by atoms with Crippen molar-refractivity contribution in [2.24, 2.45) is 5.41 Å². The summed E-state index contributed by atoms with van der Waals surface area (Å²) in [6.45, 7) is 13.8. The van der Waals surface area contributed by atoms with Gasteiger partial charge >= 0.3 is 0 Å². The highest BCUT2D eigenvalue weighted by Gasteiger charge is 2.32. The van der Waals surface area contributed by atoms with Gasteiger partial charge in [0.25, 0.3) is 0 Å². The van der Waals surface area contributed by atoms with Crippen LogP contribution in [-0.2, 0) is 4.74 Å². The van der Waals surface area contributed by atoms with Crippen molar-refractivity contribution in [3.8, 4) is 0 Å². The van der Waals surface area contributed by atoms with Crippen LogP contribution in [0.3, 0.4) is 0 Å². The maximum Gasteiger partial charge on any atom is 0.0554 e. The van der Waals surface area contributed by atoms with Crippen LogP contribution in [0.4, 0.5) is 0 Å². The fraction of sp³-hybridized carbons (Fsp3) is 1.00. The minimum absolute atomic E-state index is 0.227. The van der Waals surface area contributed by atoms with Gasteiger partial charge in [-0.25, -0.2) is 0 Å². The van der Waals surface area contributed by atoms with Gasteiger partial charge in [0.1, 0.15) is 0 Å². The summed E-state index contributed by atoms with van der Waals surface area (Å²) < 4.78 is 5.19. The normalized spacial score (nSPS) is 20.6. The Morgan fingerprint density at radius 3 is 2.29 bits per heavy atom. The van der Waals surface area contributed by atoms with Gasteiger partial charge in [-0.2, -0.15) is 0 Å². The maximum absolute atomic E-state index is 5.19. The van der Waals surface area contributed by atoms with Crippen LogP contribution >= 0.6 is 0 Å². The Bertz CT molecular complexity index is 171. The van der Waals surface area contributed by atoms with E-state index >= 15 is 0 Å². The number of hydrogen-bond acceptors (Lipinski definition) is 3. The minimum atomic E-state index is 0.227. The first-order valence-corrected chi connectivity index (χ1v) is 5.45. The molecule has 0 bridgehead atoms. The lowest BCUT2D eigenvalue weighted by Gasteiger charge is -2.38. The quantitative estimate of drug-likeness (QED) is 0.650. The zero-order chi connectivity index (χ0) is 10.7. The molecular weight excluding hydrogens is 176 g/mol. The zero-order valence-corrected chi connectivity index (χ0v) is 9.94. The van der Waals surface area contributed by atoms with E-state index in [9.17, 15) is 0 Å². The zero-order valence-electron chi connectivity index (χ0n) is 9.94. The van der Waals surface area contributed by atoms with Crippen molar-refractivity contribution in [1.82, 2.24) is 10.6 Å². The van der Waals surface area contributed by atoms with Crippen LogP contribution in [0.1, 0.15) is 27.7 Å². The van der Waals surface area contributed by atoms with E-state index in [4.69, 9.17) is 4.74 Å². The average molecular weight is 200 g/mol. The summed E-state index contributed by atoms with van der Waals surface area (Å²) in [5, 5.41) is 6.91. The van der Waals surface area contributed by atoms with Gasteiger partial charge in [-0.3, -0.25) is 0 Å². The summed E-state index contributed by atoms with van der Waals surface area (Å²) in [5.74, 6) is 0. The first kappa shape index (κ1) is 12.0. The van der Waals surface area contributed by atoms with Crippen LogP contribution in [0.5, 0.6) is 0 Å². The third-order valence-corrected chi connectivity index (χ3v) is 2.41. The standard InChI is InChI=1S/C11H24N2O/c1-10(2,3)13-6-5-12-7-11(4)8-14-9-11/h12-13H,5-9H2,1-4H3. The molecule has 0 unspecified atom stereocenters. The van der Waals surface area contributed by atoms with Gasteiger partial charge in [-0.05, 0) is 20.8 Å². The molecule has 0 atom stereocenters. The first-order valence-electron chi connectivity index (χ1n) is 5.45. The van der Waals surface area contributed by atoms with Crippen molar-refractivity contribution in [2.45, 2.75) is 33.2 Å². The van der Waals surface area contributed by atoms with E-state index in [0.29, 0.717) is 5.41 Å². The van der Waals surface area contributed by atoms with E-state index in [1.807, 2.05) is 0 Å². The van der Waals surface area contributed by atoms with Gasteiger partial charge in [0.2, 0.25) is 0 Å². The smallest absolute Gasteiger partial charge is 0.0554 e. The number of rotatable bonds is 5. The molecule has 1 fully saturated rings. The second-order valence-electron chi connectivity index (χ2n) is 5.66. The molecule has 0 amide bonds. The van der Waals surface area contributed by atoms with E-state index in [0.717, 1.165) is 32.8 Å². The number of nitrogens with one attached hydrogen (secondary N) is 2. The van der Waals surface area contributed by atoms with E-state index in [-0.39, 0.29) is 5.54 Å². The van der Waals surface area contributed by atoms with Crippen molar-refractivity contribution in [3.63, 3.8) is 0 Å². The van der Waals surface area contributed by atoms with Crippen molar-refractivity contribution >= 4 is 0 Å². The number of hydrogen-bond donors (Lipinski definition) is 2. The van der Waals surface area contributed by atoms with Crippen molar-refractivity contribution in [1.29, 1.82) is 0 Å². The van der Waals surface area contributed by atoms with Crippen LogP contribution in [0.2, 0.25) is 0 Å². The molecule has 14 heavy (non-hydrogen) atoms. The fourth-order valence-electron chi connectivity index (χ4n) is 1.47. The Hall–Kier alpha value is -0.120. The molecule has 0 saturated carbocycles. The van der Waals surface area contributed by atoms with Crippen molar-refractivity contribution in [3.05, 3.63) is 0 Å². The second kappa shape index (κ2) is 4.60. The third kappa shape index (κ3) is 4.40. The fourth-order valence-corrected chi connectivity index (χ4v) is 1.47. The largest absolute Gasteiger partial charge is 0.380 e. The molecule has 0 radical (unpaired) electrons. The Morgan fingerprint density at radius 1 is 1.21 bits per heavy atom. The molecule has 1 aliphatic heterocycles. The van der Waals surface area contributed by atoms with Crippen LogP contribution in [0.25, 0.3) is 0 Å². The van der Waals surface area contributed by atoms with Crippen molar-refractivity contribution in [2.75, 3.05) is 32.8 Å². The van der Waals surface area contributed by atoms with Crippen molar-refractivity contribution < 1.29 is 4.74 Å². The van der Waals surface area contributed by atoms with Crippen LogP contribution in [0.15, 0.2) is 0 Å². The predicted molar refractivity (Wildman–Crippen MR) is 59.6 cm³/mol. The topological polar surface area (TPSA) is 33.3 Å². The molecule has 3 nitrogen and oxygen atoms in total. The van der Waals surface area contributed by atoms with Crippen LogP contribution in [0, 0.1) is 5.41 Å². The minimum Gasteiger partial charge on any atom is -0.380 e. The summed E-state index contributed by atoms with van der Waals surface area (Å²) in [7, 11) is 0. The average Bonchev–Trinajstić information content (AvgIpc) is 1.98. The molecule has 1 aliphatic rings. The highest BCUT2D eigenvalue weighted by Crippen LogP contribution is 2.24. The molecule has 1 heterocycles.